The number of carbonyl (C=O) groups excluding carboxylic acids is 1. The lowest BCUT2D eigenvalue weighted by atomic mass is 9.98. The van der Waals surface area contributed by atoms with Crippen molar-refractivity contribution in [3.05, 3.63) is 28.8 Å². The van der Waals surface area contributed by atoms with Crippen molar-refractivity contribution in [1.29, 1.82) is 0 Å². The summed E-state index contributed by atoms with van der Waals surface area (Å²) < 4.78 is 26.6. The standard InChI is InChI=1S/C17H25ClN2O3S/c1-12(2)19(4)24(22,23)14-5-6-16(18)15(11-14)17(21)20-9-7-13(3)8-10-20/h5-6,11-13H,7-10H2,1-4H3. The molecule has 0 spiro atoms. The normalized spacial score (nSPS) is 16.9. The molecule has 7 heteroatoms. The zero-order chi connectivity index (χ0) is 18.1. The Kier molecular flexibility index (Phi) is 5.94. The molecule has 0 radical (unpaired) electrons. The van der Waals surface area contributed by atoms with Crippen LogP contribution in [0.25, 0.3) is 0 Å². The van der Waals surface area contributed by atoms with Gasteiger partial charge in [-0.15, -0.1) is 0 Å². The molecule has 0 atom stereocenters. The van der Waals surface area contributed by atoms with Crippen LogP contribution in [-0.2, 0) is 10.0 Å². The molecular formula is C17H25ClN2O3S. The predicted molar refractivity (Wildman–Crippen MR) is 95.8 cm³/mol. The summed E-state index contributed by atoms with van der Waals surface area (Å²) in [6.45, 7) is 7.13. The third-order valence-electron chi connectivity index (χ3n) is 4.64. The minimum Gasteiger partial charge on any atom is -0.339 e. The van der Waals surface area contributed by atoms with Gasteiger partial charge in [0.25, 0.3) is 5.91 Å². The van der Waals surface area contributed by atoms with E-state index in [-0.39, 0.29) is 27.4 Å². The van der Waals surface area contributed by atoms with Crippen LogP contribution in [0.4, 0.5) is 0 Å². The van der Waals surface area contributed by atoms with Crippen molar-refractivity contribution in [3.63, 3.8) is 0 Å². The van der Waals surface area contributed by atoms with Crippen molar-refractivity contribution in [2.75, 3.05) is 20.1 Å². The Labute approximate surface area is 149 Å². The van der Waals surface area contributed by atoms with Gasteiger partial charge in [0.15, 0.2) is 0 Å². The molecule has 24 heavy (non-hydrogen) atoms. The molecule has 0 bridgehead atoms. The quantitative estimate of drug-likeness (QED) is 0.815. The topological polar surface area (TPSA) is 57.7 Å². The Morgan fingerprint density at radius 2 is 1.88 bits per heavy atom. The first kappa shape index (κ1) is 19.2. The molecule has 2 rings (SSSR count). The van der Waals surface area contributed by atoms with Gasteiger partial charge in [0.2, 0.25) is 10.0 Å². The van der Waals surface area contributed by atoms with E-state index in [9.17, 15) is 13.2 Å². The summed E-state index contributed by atoms with van der Waals surface area (Å²) in [7, 11) is -2.12. The van der Waals surface area contributed by atoms with Gasteiger partial charge in [-0.05, 0) is 50.8 Å². The number of amides is 1. The molecule has 1 aliphatic heterocycles. The van der Waals surface area contributed by atoms with Crippen LogP contribution in [-0.4, -0.2) is 49.7 Å². The Morgan fingerprint density at radius 1 is 1.29 bits per heavy atom. The van der Waals surface area contributed by atoms with E-state index < -0.39 is 10.0 Å². The highest BCUT2D eigenvalue weighted by atomic mass is 35.5. The van der Waals surface area contributed by atoms with E-state index in [1.807, 2.05) is 0 Å². The van der Waals surface area contributed by atoms with Gasteiger partial charge in [-0.3, -0.25) is 4.79 Å². The van der Waals surface area contributed by atoms with E-state index in [1.165, 1.54) is 29.6 Å². The molecule has 1 aromatic rings. The zero-order valence-corrected chi connectivity index (χ0v) is 16.2. The summed E-state index contributed by atoms with van der Waals surface area (Å²) in [5.74, 6) is 0.409. The average molecular weight is 373 g/mol. The van der Waals surface area contributed by atoms with Crippen molar-refractivity contribution < 1.29 is 13.2 Å². The number of nitrogens with zero attached hydrogens (tertiary/aromatic N) is 2. The fourth-order valence-electron chi connectivity index (χ4n) is 2.65. The zero-order valence-electron chi connectivity index (χ0n) is 14.6. The first-order valence-corrected chi connectivity index (χ1v) is 10.0. The second-order valence-corrected chi connectivity index (χ2v) is 9.14. The number of piperidine rings is 1. The summed E-state index contributed by atoms with van der Waals surface area (Å²) >= 11 is 6.18. The maximum atomic E-state index is 12.7. The molecular weight excluding hydrogens is 348 g/mol. The van der Waals surface area contributed by atoms with E-state index >= 15 is 0 Å². The number of hydrogen-bond donors (Lipinski definition) is 0. The third kappa shape index (κ3) is 3.92. The highest BCUT2D eigenvalue weighted by Crippen LogP contribution is 2.26. The van der Waals surface area contributed by atoms with Gasteiger partial charge in [0.1, 0.15) is 0 Å². The van der Waals surface area contributed by atoms with E-state index in [1.54, 1.807) is 18.7 Å². The maximum absolute atomic E-state index is 12.7. The third-order valence-corrected chi connectivity index (χ3v) is 7.00. The number of benzene rings is 1. The molecule has 1 aromatic carbocycles. The lowest BCUT2D eigenvalue weighted by molar-refractivity contribution is 0.0697. The summed E-state index contributed by atoms with van der Waals surface area (Å²) in [6.07, 6.45) is 1.91. The molecule has 134 valence electrons. The number of rotatable bonds is 4. The lowest BCUT2D eigenvalue weighted by Crippen LogP contribution is -2.38. The van der Waals surface area contributed by atoms with Gasteiger partial charge in [-0.2, -0.15) is 4.31 Å². The number of carbonyl (C=O) groups is 1. The van der Waals surface area contributed by atoms with Crippen LogP contribution in [0.5, 0.6) is 0 Å². The number of halogens is 1. The second-order valence-electron chi connectivity index (χ2n) is 6.73. The Hall–Kier alpha value is -1.11. The molecule has 1 amide bonds. The molecule has 1 fully saturated rings. The minimum absolute atomic E-state index is 0.0943. The molecule has 1 aliphatic rings. The summed E-state index contributed by atoms with van der Waals surface area (Å²) in [4.78, 5) is 14.6. The molecule has 0 aromatic heterocycles. The van der Waals surface area contributed by atoms with Crippen LogP contribution in [0.3, 0.4) is 0 Å². The first-order chi connectivity index (χ1) is 11.1. The largest absolute Gasteiger partial charge is 0.339 e. The van der Waals surface area contributed by atoms with Crippen molar-refractivity contribution in [1.82, 2.24) is 9.21 Å². The van der Waals surface area contributed by atoms with Gasteiger partial charge in [0, 0.05) is 26.2 Å². The van der Waals surface area contributed by atoms with E-state index in [2.05, 4.69) is 6.92 Å². The van der Waals surface area contributed by atoms with Crippen LogP contribution in [0, 0.1) is 5.92 Å². The summed E-state index contributed by atoms with van der Waals surface area (Å²) in [5.41, 5.74) is 0.254. The Morgan fingerprint density at radius 3 is 2.42 bits per heavy atom. The Balaban J connectivity index is 2.34. The van der Waals surface area contributed by atoms with Gasteiger partial charge < -0.3 is 4.90 Å². The second kappa shape index (κ2) is 7.42. The Bertz CT molecular complexity index is 711. The maximum Gasteiger partial charge on any atom is 0.255 e. The number of likely N-dealkylation sites (tertiary alicyclic amines) is 1. The molecule has 0 N–H and O–H groups in total. The van der Waals surface area contributed by atoms with Crippen LogP contribution >= 0.6 is 11.6 Å². The first-order valence-electron chi connectivity index (χ1n) is 8.21. The van der Waals surface area contributed by atoms with Crippen molar-refractivity contribution in [3.8, 4) is 0 Å². The molecule has 0 unspecified atom stereocenters. The molecule has 1 saturated heterocycles. The van der Waals surface area contributed by atoms with E-state index in [0.717, 1.165) is 12.8 Å². The summed E-state index contributed by atoms with van der Waals surface area (Å²) in [6, 6.07) is 4.17. The minimum atomic E-state index is -3.65. The highest BCUT2D eigenvalue weighted by molar-refractivity contribution is 7.89. The molecule has 5 nitrogen and oxygen atoms in total. The number of hydrogen-bond acceptors (Lipinski definition) is 3. The van der Waals surface area contributed by atoms with Gasteiger partial charge in [-0.25, -0.2) is 8.42 Å². The van der Waals surface area contributed by atoms with E-state index in [4.69, 9.17) is 11.6 Å². The van der Waals surface area contributed by atoms with Crippen LogP contribution < -0.4 is 0 Å². The average Bonchev–Trinajstić information content (AvgIpc) is 2.54. The molecule has 0 saturated carbocycles. The van der Waals surface area contributed by atoms with Crippen LogP contribution in [0.1, 0.15) is 44.0 Å². The van der Waals surface area contributed by atoms with Gasteiger partial charge >= 0.3 is 0 Å². The van der Waals surface area contributed by atoms with Crippen molar-refractivity contribution in [2.45, 2.75) is 44.6 Å². The van der Waals surface area contributed by atoms with Crippen LogP contribution in [0.2, 0.25) is 5.02 Å². The van der Waals surface area contributed by atoms with Gasteiger partial charge in [0.05, 0.1) is 15.5 Å². The smallest absolute Gasteiger partial charge is 0.255 e. The fraction of sp³-hybridized carbons (Fsp3) is 0.588. The predicted octanol–water partition coefficient (Wildman–Crippen LogP) is 3.24. The molecule has 0 aliphatic carbocycles. The monoisotopic (exact) mass is 372 g/mol. The SMILES string of the molecule is CC1CCN(C(=O)c2cc(S(=O)(=O)N(C)C(C)C)ccc2Cl)CC1. The highest BCUT2D eigenvalue weighted by Gasteiger charge is 2.27. The fourth-order valence-corrected chi connectivity index (χ4v) is 4.25. The van der Waals surface area contributed by atoms with Gasteiger partial charge in [-0.1, -0.05) is 18.5 Å². The van der Waals surface area contributed by atoms with Crippen LogP contribution in [0.15, 0.2) is 23.1 Å². The lowest BCUT2D eigenvalue weighted by Gasteiger charge is -2.30. The van der Waals surface area contributed by atoms with Crippen molar-refractivity contribution >= 4 is 27.5 Å². The summed E-state index contributed by atoms with van der Waals surface area (Å²) in [5, 5.41) is 0.282. The van der Waals surface area contributed by atoms with E-state index in [0.29, 0.717) is 19.0 Å². The number of sulfonamides is 1. The van der Waals surface area contributed by atoms with Crippen molar-refractivity contribution in [2.24, 2.45) is 5.92 Å². The molecule has 1 heterocycles.